The van der Waals surface area contributed by atoms with Crippen LogP contribution in [0.25, 0.3) is 0 Å². The maximum atomic E-state index is 5.66. The molecule has 7 nitrogen and oxygen atoms in total. The van der Waals surface area contributed by atoms with Crippen molar-refractivity contribution < 1.29 is 14.2 Å². The number of likely N-dealkylation sites (N-methyl/N-ethyl adjacent to an activating group) is 1. The summed E-state index contributed by atoms with van der Waals surface area (Å²) >= 11 is 0. The number of methoxy groups -OCH3 is 1. The van der Waals surface area contributed by atoms with Crippen LogP contribution in [0.3, 0.4) is 0 Å². The van der Waals surface area contributed by atoms with E-state index in [0.29, 0.717) is 6.10 Å². The number of hydrogen-bond donors (Lipinski definition) is 2. The van der Waals surface area contributed by atoms with Crippen molar-refractivity contribution in [1.82, 2.24) is 15.5 Å². The monoisotopic (exact) mass is 472 g/mol. The van der Waals surface area contributed by atoms with Gasteiger partial charge in [-0.25, -0.2) is 0 Å². The fraction of sp³-hybridized carbons (Fsp3) is 0.941. The summed E-state index contributed by atoms with van der Waals surface area (Å²) in [6.45, 7) is 9.56. The van der Waals surface area contributed by atoms with Gasteiger partial charge in [-0.2, -0.15) is 0 Å². The molecule has 0 aromatic heterocycles. The third-order valence-corrected chi connectivity index (χ3v) is 3.85. The lowest BCUT2D eigenvalue weighted by Gasteiger charge is -2.17. The summed E-state index contributed by atoms with van der Waals surface area (Å²) in [5.74, 6) is 0.872. The van der Waals surface area contributed by atoms with Gasteiger partial charge in [0, 0.05) is 53.0 Å². The Morgan fingerprint density at radius 1 is 1.28 bits per heavy atom. The van der Waals surface area contributed by atoms with Gasteiger partial charge in [0.25, 0.3) is 0 Å². The highest BCUT2D eigenvalue weighted by Crippen LogP contribution is 2.11. The summed E-state index contributed by atoms with van der Waals surface area (Å²) in [5.41, 5.74) is 0. The Labute approximate surface area is 170 Å². The molecule has 1 atom stereocenters. The lowest BCUT2D eigenvalue weighted by Crippen LogP contribution is -2.41. The Balaban J connectivity index is 0.00000576. The first kappa shape index (κ1) is 24.8. The number of hydrogen-bond acceptors (Lipinski definition) is 5. The van der Waals surface area contributed by atoms with Gasteiger partial charge < -0.3 is 29.7 Å². The van der Waals surface area contributed by atoms with E-state index in [4.69, 9.17) is 14.2 Å². The summed E-state index contributed by atoms with van der Waals surface area (Å²) in [5, 5.41) is 6.63. The van der Waals surface area contributed by atoms with Gasteiger partial charge in [0.15, 0.2) is 5.96 Å². The van der Waals surface area contributed by atoms with Crippen LogP contribution in [-0.4, -0.2) is 90.3 Å². The molecule has 1 saturated heterocycles. The molecule has 0 aromatic rings. The average Bonchev–Trinajstić information content (AvgIpc) is 3.09. The van der Waals surface area contributed by atoms with Gasteiger partial charge in [-0.15, -0.1) is 24.0 Å². The number of ether oxygens (including phenoxy) is 3. The smallest absolute Gasteiger partial charge is 0.191 e. The van der Waals surface area contributed by atoms with Gasteiger partial charge in [-0.1, -0.05) is 0 Å². The first-order valence-electron chi connectivity index (χ1n) is 9.15. The van der Waals surface area contributed by atoms with Crippen molar-refractivity contribution in [3.8, 4) is 0 Å². The minimum absolute atomic E-state index is 0. The van der Waals surface area contributed by atoms with Crippen LogP contribution in [0.5, 0.6) is 0 Å². The van der Waals surface area contributed by atoms with Crippen LogP contribution < -0.4 is 10.6 Å². The van der Waals surface area contributed by atoms with E-state index in [9.17, 15) is 0 Å². The van der Waals surface area contributed by atoms with Crippen molar-refractivity contribution in [1.29, 1.82) is 0 Å². The molecule has 0 saturated carbocycles. The van der Waals surface area contributed by atoms with Crippen molar-refractivity contribution in [3.63, 3.8) is 0 Å². The molecule has 0 bridgehead atoms. The molecule has 1 fully saturated rings. The number of aliphatic imine (C=N–C) groups is 1. The van der Waals surface area contributed by atoms with Crippen molar-refractivity contribution in [2.45, 2.75) is 32.3 Å². The Morgan fingerprint density at radius 2 is 2.12 bits per heavy atom. The van der Waals surface area contributed by atoms with E-state index in [2.05, 4.69) is 34.5 Å². The molecule has 1 heterocycles. The molecule has 0 radical (unpaired) electrons. The predicted molar refractivity (Wildman–Crippen MR) is 113 cm³/mol. The molecule has 1 unspecified atom stereocenters. The van der Waals surface area contributed by atoms with Crippen LogP contribution >= 0.6 is 24.0 Å². The van der Waals surface area contributed by atoms with Crippen molar-refractivity contribution in [3.05, 3.63) is 0 Å². The second-order valence-corrected chi connectivity index (χ2v) is 6.05. The van der Waals surface area contributed by atoms with Crippen LogP contribution in [0.1, 0.15) is 26.2 Å². The maximum Gasteiger partial charge on any atom is 0.191 e. The standard InChI is InChI=1S/C17H36N4O3.HI/c1-4-18-17(20-9-10-21(2)11-14-22-3)19-8-6-12-23-15-16-7-5-13-24-16;/h16H,4-15H2,1-3H3,(H2,18,19,20);1H. The first-order valence-corrected chi connectivity index (χ1v) is 9.15. The molecule has 2 N–H and O–H groups in total. The summed E-state index contributed by atoms with van der Waals surface area (Å²) in [7, 11) is 3.82. The molecular weight excluding hydrogens is 435 g/mol. The van der Waals surface area contributed by atoms with Crippen LogP contribution in [0.4, 0.5) is 0 Å². The van der Waals surface area contributed by atoms with Gasteiger partial charge in [0.1, 0.15) is 0 Å². The number of nitrogens with one attached hydrogen (secondary N) is 2. The summed E-state index contributed by atoms with van der Waals surface area (Å²) in [4.78, 5) is 6.82. The quantitative estimate of drug-likeness (QED) is 0.183. The second kappa shape index (κ2) is 17.3. The van der Waals surface area contributed by atoms with Gasteiger partial charge >= 0.3 is 0 Å². The zero-order valence-corrected chi connectivity index (χ0v) is 18.4. The number of guanidine groups is 1. The Kier molecular flexibility index (Phi) is 17.2. The normalized spacial score (nSPS) is 17.6. The Hall–Kier alpha value is -0.160. The predicted octanol–water partition coefficient (Wildman–Crippen LogP) is 1.32. The molecule has 8 heteroatoms. The third kappa shape index (κ3) is 13.7. The van der Waals surface area contributed by atoms with Gasteiger partial charge in [-0.05, 0) is 33.2 Å². The highest BCUT2D eigenvalue weighted by atomic mass is 127. The van der Waals surface area contributed by atoms with Gasteiger partial charge in [0.2, 0.25) is 0 Å². The number of halogens is 1. The average molecular weight is 472 g/mol. The number of nitrogens with zero attached hydrogens (tertiary/aromatic N) is 2. The van der Waals surface area contributed by atoms with Crippen LogP contribution in [0.2, 0.25) is 0 Å². The minimum atomic E-state index is 0. The third-order valence-electron chi connectivity index (χ3n) is 3.85. The van der Waals surface area contributed by atoms with E-state index in [1.54, 1.807) is 7.11 Å². The zero-order valence-electron chi connectivity index (χ0n) is 16.1. The molecule has 0 aromatic carbocycles. The topological polar surface area (TPSA) is 67.4 Å². The lowest BCUT2D eigenvalue weighted by molar-refractivity contribution is 0.0171. The van der Waals surface area contributed by atoms with Crippen LogP contribution in [0.15, 0.2) is 4.99 Å². The lowest BCUT2D eigenvalue weighted by atomic mass is 10.2. The molecule has 0 aliphatic carbocycles. The van der Waals surface area contributed by atoms with E-state index < -0.39 is 0 Å². The fourth-order valence-corrected chi connectivity index (χ4v) is 2.41. The van der Waals surface area contributed by atoms with Crippen molar-refractivity contribution in [2.75, 3.05) is 73.3 Å². The first-order chi connectivity index (χ1) is 11.8. The Bertz CT molecular complexity index is 329. The molecule has 1 aliphatic heterocycles. The zero-order chi connectivity index (χ0) is 17.5. The van der Waals surface area contributed by atoms with E-state index >= 15 is 0 Å². The van der Waals surface area contributed by atoms with E-state index in [1.807, 2.05) is 0 Å². The molecule has 1 rings (SSSR count). The van der Waals surface area contributed by atoms with E-state index in [0.717, 1.165) is 84.4 Å². The summed E-state index contributed by atoms with van der Waals surface area (Å²) in [6, 6.07) is 0. The van der Waals surface area contributed by atoms with E-state index in [1.165, 1.54) is 0 Å². The molecule has 0 spiro atoms. The molecule has 1 aliphatic rings. The largest absolute Gasteiger partial charge is 0.383 e. The highest BCUT2D eigenvalue weighted by molar-refractivity contribution is 14.0. The van der Waals surface area contributed by atoms with Crippen LogP contribution in [0, 0.1) is 0 Å². The maximum absolute atomic E-state index is 5.66. The van der Waals surface area contributed by atoms with Gasteiger partial charge in [0.05, 0.1) is 19.3 Å². The van der Waals surface area contributed by atoms with Gasteiger partial charge in [-0.3, -0.25) is 4.99 Å². The van der Waals surface area contributed by atoms with E-state index in [-0.39, 0.29) is 24.0 Å². The molecule has 150 valence electrons. The van der Waals surface area contributed by atoms with Crippen molar-refractivity contribution in [2.24, 2.45) is 4.99 Å². The molecule has 0 amide bonds. The second-order valence-electron chi connectivity index (χ2n) is 6.05. The summed E-state index contributed by atoms with van der Waals surface area (Å²) < 4.78 is 16.3. The van der Waals surface area contributed by atoms with Crippen molar-refractivity contribution >= 4 is 29.9 Å². The number of rotatable bonds is 13. The summed E-state index contributed by atoms with van der Waals surface area (Å²) in [6.07, 6.45) is 3.53. The highest BCUT2D eigenvalue weighted by Gasteiger charge is 2.14. The fourth-order valence-electron chi connectivity index (χ4n) is 2.41. The minimum Gasteiger partial charge on any atom is -0.383 e. The SMILES string of the molecule is CCNC(=NCCCOCC1CCCO1)NCCN(C)CCOC.I. The molecule has 25 heavy (non-hydrogen) atoms. The Morgan fingerprint density at radius 3 is 2.80 bits per heavy atom. The molecular formula is C17H37IN4O3. The van der Waals surface area contributed by atoms with Crippen LogP contribution in [-0.2, 0) is 14.2 Å².